The molecule has 3 aromatic carbocycles. The van der Waals surface area contributed by atoms with E-state index in [0.29, 0.717) is 45.6 Å². The molecular weight excluding hydrogens is 471 g/mol. The largest absolute Gasteiger partial charge is 0.448 e. The molecule has 37 heavy (non-hydrogen) atoms. The Balaban J connectivity index is 1.14. The Morgan fingerprint density at radius 3 is 2.30 bits per heavy atom. The summed E-state index contributed by atoms with van der Waals surface area (Å²) in [6.07, 6.45) is 1.06. The molecule has 1 aliphatic rings. The maximum Gasteiger partial charge on any atom is 0.409 e. The summed E-state index contributed by atoms with van der Waals surface area (Å²) in [5, 5.41) is 0. The minimum atomic E-state index is -0.328. The van der Waals surface area contributed by atoms with Gasteiger partial charge in [-0.1, -0.05) is 54.6 Å². The predicted octanol–water partition coefficient (Wildman–Crippen LogP) is 4.94. The summed E-state index contributed by atoms with van der Waals surface area (Å²) in [6.45, 7) is 3.21. The van der Waals surface area contributed by atoms with Crippen LogP contribution in [-0.2, 0) is 17.8 Å². The van der Waals surface area contributed by atoms with E-state index in [-0.39, 0.29) is 30.2 Å². The second-order valence-electron chi connectivity index (χ2n) is 9.47. The predicted molar refractivity (Wildman–Crippen MR) is 141 cm³/mol. The summed E-state index contributed by atoms with van der Waals surface area (Å²) in [5.41, 5.74) is 3.77. The number of aromatic amines is 1. The number of carbonyl (C=O) groups excluding carboxylic acids is 1. The highest BCUT2D eigenvalue weighted by atomic mass is 19.1. The van der Waals surface area contributed by atoms with Crippen LogP contribution in [0.1, 0.15) is 30.0 Å². The number of benzene rings is 3. The number of hydrogen-bond acceptors (Lipinski definition) is 4. The van der Waals surface area contributed by atoms with Crippen molar-refractivity contribution >= 4 is 17.1 Å². The Morgan fingerprint density at radius 1 is 0.919 bits per heavy atom. The number of rotatable bonds is 8. The smallest absolute Gasteiger partial charge is 0.409 e. The molecule has 0 bridgehead atoms. The van der Waals surface area contributed by atoms with Crippen molar-refractivity contribution in [2.45, 2.75) is 32.0 Å². The van der Waals surface area contributed by atoms with E-state index < -0.39 is 0 Å². The van der Waals surface area contributed by atoms with Gasteiger partial charge in [0.2, 0.25) is 0 Å². The van der Waals surface area contributed by atoms with Crippen molar-refractivity contribution in [2.75, 3.05) is 26.2 Å². The molecule has 7 nitrogen and oxygen atoms in total. The normalized spacial score (nSPS) is 14.4. The maximum absolute atomic E-state index is 13.3. The fourth-order valence-electron chi connectivity index (χ4n) is 5.00. The molecule has 0 spiro atoms. The summed E-state index contributed by atoms with van der Waals surface area (Å²) in [5.74, 6) is -0.259. The quantitative estimate of drug-likeness (QED) is 0.370. The summed E-state index contributed by atoms with van der Waals surface area (Å²) in [7, 11) is 0. The van der Waals surface area contributed by atoms with Crippen molar-refractivity contribution in [1.29, 1.82) is 0 Å². The SMILES string of the molecule is O=C(OCCN(Cc1ccccc1)Cc1ccc(F)cc1)N1CCC(n2c(=O)[nH]c3ccccc32)CC1. The molecule has 192 valence electrons. The van der Waals surface area contributed by atoms with Gasteiger partial charge < -0.3 is 14.6 Å². The van der Waals surface area contributed by atoms with E-state index in [2.05, 4.69) is 22.0 Å². The zero-order valence-corrected chi connectivity index (χ0v) is 20.7. The molecule has 0 radical (unpaired) electrons. The Kier molecular flexibility index (Phi) is 7.65. The summed E-state index contributed by atoms with van der Waals surface area (Å²) < 4.78 is 20.8. The zero-order valence-electron chi connectivity index (χ0n) is 20.7. The van der Waals surface area contributed by atoms with E-state index in [4.69, 9.17) is 4.74 Å². The van der Waals surface area contributed by atoms with E-state index >= 15 is 0 Å². The first-order chi connectivity index (χ1) is 18.1. The third-order valence-corrected chi connectivity index (χ3v) is 6.91. The molecule has 5 rings (SSSR count). The average Bonchev–Trinajstić information content (AvgIpc) is 3.26. The van der Waals surface area contributed by atoms with Crippen LogP contribution in [0.3, 0.4) is 0 Å². The second-order valence-corrected chi connectivity index (χ2v) is 9.47. The van der Waals surface area contributed by atoms with Crippen molar-refractivity contribution in [2.24, 2.45) is 0 Å². The number of para-hydroxylation sites is 2. The lowest BCUT2D eigenvalue weighted by molar-refractivity contribution is 0.0769. The van der Waals surface area contributed by atoms with Gasteiger partial charge in [-0.2, -0.15) is 0 Å². The van der Waals surface area contributed by atoms with Gasteiger partial charge in [0.15, 0.2) is 0 Å². The van der Waals surface area contributed by atoms with Crippen LogP contribution in [-0.4, -0.2) is 51.7 Å². The molecule has 1 N–H and O–H groups in total. The molecule has 8 heteroatoms. The highest BCUT2D eigenvalue weighted by Crippen LogP contribution is 2.25. The Labute approximate surface area is 215 Å². The van der Waals surface area contributed by atoms with Gasteiger partial charge in [0.1, 0.15) is 12.4 Å². The number of carbonyl (C=O) groups is 1. The van der Waals surface area contributed by atoms with Crippen LogP contribution >= 0.6 is 0 Å². The van der Waals surface area contributed by atoms with E-state index in [9.17, 15) is 14.0 Å². The standard InChI is InChI=1S/C29H31FN4O3/c30-24-12-10-23(11-13-24)21-32(20-22-6-2-1-3-7-22)18-19-37-29(36)33-16-14-25(15-17-33)34-27-9-5-4-8-26(27)31-28(34)35/h1-13,25H,14-21H2,(H,31,35). The van der Waals surface area contributed by atoms with Crippen molar-refractivity contribution < 1.29 is 13.9 Å². The topological polar surface area (TPSA) is 70.6 Å². The first-order valence-electron chi connectivity index (χ1n) is 12.7. The average molecular weight is 503 g/mol. The van der Waals surface area contributed by atoms with E-state index in [1.165, 1.54) is 12.1 Å². The maximum atomic E-state index is 13.3. The number of imidazole rings is 1. The van der Waals surface area contributed by atoms with Gasteiger partial charge in [-0.25, -0.2) is 14.0 Å². The van der Waals surface area contributed by atoms with Crippen LogP contribution in [0.4, 0.5) is 9.18 Å². The molecule has 0 saturated carbocycles. The van der Waals surface area contributed by atoms with Crippen molar-refractivity contribution in [3.05, 3.63) is 106 Å². The van der Waals surface area contributed by atoms with Crippen LogP contribution in [0.15, 0.2) is 83.7 Å². The minimum Gasteiger partial charge on any atom is -0.448 e. The fraction of sp³-hybridized carbons (Fsp3) is 0.310. The van der Waals surface area contributed by atoms with Gasteiger partial charge in [0.25, 0.3) is 0 Å². The lowest BCUT2D eigenvalue weighted by Gasteiger charge is -2.32. The number of ether oxygens (including phenoxy) is 1. The van der Waals surface area contributed by atoms with Crippen LogP contribution in [0.5, 0.6) is 0 Å². The lowest BCUT2D eigenvalue weighted by Crippen LogP contribution is -2.41. The van der Waals surface area contributed by atoms with Gasteiger partial charge in [0, 0.05) is 38.8 Å². The number of fused-ring (bicyclic) bond motifs is 1. The molecule has 2 heterocycles. The first-order valence-corrected chi connectivity index (χ1v) is 12.7. The van der Waals surface area contributed by atoms with Crippen LogP contribution in [0.2, 0.25) is 0 Å². The van der Waals surface area contributed by atoms with Crippen LogP contribution < -0.4 is 5.69 Å². The monoisotopic (exact) mass is 502 g/mol. The fourth-order valence-corrected chi connectivity index (χ4v) is 5.00. The number of hydrogen-bond donors (Lipinski definition) is 1. The van der Waals surface area contributed by atoms with E-state index in [1.54, 1.807) is 17.0 Å². The van der Waals surface area contributed by atoms with E-state index in [0.717, 1.165) is 22.2 Å². The summed E-state index contributed by atoms with van der Waals surface area (Å²) >= 11 is 0. The zero-order chi connectivity index (χ0) is 25.6. The molecular formula is C29H31FN4O3. The number of piperidine rings is 1. The van der Waals surface area contributed by atoms with Gasteiger partial charge in [-0.15, -0.1) is 0 Å². The Hall–Kier alpha value is -3.91. The minimum absolute atomic E-state index is 0.0461. The number of H-pyrrole nitrogens is 1. The Bertz CT molecular complexity index is 1380. The number of nitrogens with zero attached hydrogens (tertiary/aromatic N) is 3. The molecule has 4 aromatic rings. The van der Waals surface area contributed by atoms with Crippen LogP contribution in [0.25, 0.3) is 11.0 Å². The van der Waals surface area contributed by atoms with Crippen molar-refractivity contribution in [1.82, 2.24) is 19.4 Å². The molecule has 0 aliphatic carbocycles. The lowest BCUT2D eigenvalue weighted by atomic mass is 10.0. The molecule has 1 saturated heterocycles. The molecule has 1 aromatic heterocycles. The molecule has 0 atom stereocenters. The number of likely N-dealkylation sites (tertiary alicyclic amines) is 1. The number of amides is 1. The van der Waals surface area contributed by atoms with Gasteiger partial charge in [-0.3, -0.25) is 9.47 Å². The highest BCUT2D eigenvalue weighted by Gasteiger charge is 2.27. The highest BCUT2D eigenvalue weighted by molar-refractivity contribution is 5.75. The van der Waals surface area contributed by atoms with Crippen LogP contribution in [0, 0.1) is 5.82 Å². The third-order valence-electron chi connectivity index (χ3n) is 6.91. The van der Waals surface area contributed by atoms with Crippen molar-refractivity contribution in [3.8, 4) is 0 Å². The Morgan fingerprint density at radius 2 is 1.57 bits per heavy atom. The number of aromatic nitrogens is 2. The molecule has 1 amide bonds. The van der Waals surface area contributed by atoms with Crippen molar-refractivity contribution in [3.63, 3.8) is 0 Å². The molecule has 1 aliphatic heterocycles. The molecule has 1 fully saturated rings. The van der Waals surface area contributed by atoms with Gasteiger partial charge in [-0.05, 0) is 48.2 Å². The summed E-state index contributed by atoms with van der Waals surface area (Å²) in [6, 6.07) is 24.3. The third kappa shape index (κ3) is 6.09. The number of nitrogens with one attached hydrogen (secondary N) is 1. The first kappa shape index (κ1) is 24.8. The van der Waals surface area contributed by atoms with Gasteiger partial charge >= 0.3 is 11.8 Å². The van der Waals surface area contributed by atoms with E-state index in [1.807, 2.05) is 47.0 Å². The molecule has 0 unspecified atom stereocenters. The number of halogens is 1. The van der Waals surface area contributed by atoms with Gasteiger partial charge in [0.05, 0.1) is 11.0 Å². The second kappa shape index (κ2) is 11.4. The summed E-state index contributed by atoms with van der Waals surface area (Å²) in [4.78, 5) is 32.1.